The Morgan fingerprint density at radius 2 is 2.04 bits per heavy atom. The van der Waals surface area contributed by atoms with E-state index >= 15 is 0 Å². The number of likely N-dealkylation sites (tertiary alicyclic amines) is 1. The van der Waals surface area contributed by atoms with Gasteiger partial charge in [0.05, 0.1) is 39.4 Å². The van der Waals surface area contributed by atoms with Crippen molar-refractivity contribution in [3.63, 3.8) is 0 Å². The van der Waals surface area contributed by atoms with Gasteiger partial charge in [-0.2, -0.15) is 5.26 Å². The van der Waals surface area contributed by atoms with E-state index in [0.29, 0.717) is 6.54 Å². The number of aliphatic imine (C=N–C) groups is 1. The summed E-state index contributed by atoms with van der Waals surface area (Å²) in [4.78, 5) is 17.6. The molecule has 134 valence electrons. The number of benzene rings is 1. The lowest BCUT2D eigenvalue weighted by atomic mass is 10.1. The van der Waals surface area contributed by atoms with E-state index in [1.807, 2.05) is 18.2 Å². The Labute approximate surface area is 149 Å². The molecule has 2 rings (SSSR count). The van der Waals surface area contributed by atoms with E-state index in [9.17, 15) is 4.79 Å². The lowest BCUT2D eigenvalue weighted by Crippen LogP contribution is -3.10. The molecular weight excluding hydrogens is 318 g/mol. The molecule has 1 aliphatic rings. The van der Waals surface area contributed by atoms with Crippen LogP contribution in [0.1, 0.15) is 31.4 Å². The molecular formula is C19H26N3O3+. The van der Waals surface area contributed by atoms with Crippen LogP contribution < -0.4 is 9.64 Å². The molecule has 1 saturated heterocycles. The molecule has 0 amide bonds. The van der Waals surface area contributed by atoms with Crippen molar-refractivity contribution in [1.29, 1.82) is 5.26 Å². The Balaban J connectivity index is 2.09. The second-order valence-corrected chi connectivity index (χ2v) is 6.06. The number of rotatable bonds is 8. The number of hydrogen-bond donors (Lipinski definition) is 1. The summed E-state index contributed by atoms with van der Waals surface area (Å²) in [6.07, 6.45) is 3.86. The van der Waals surface area contributed by atoms with E-state index in [1.54, 1.807) is 14.0 Å². The minimum absolute atomic E-state index is 0.214. The molecule has 25 heavy (non-hydrogen) atoms. The van der Waals surface area contributed by atoms with Crippen LogP contribution in [0.15, 0.2) is 29.3 Å². The minimum Gasteiger partial charge on any atom is -0.497 e. The average molecular weight is 344 g/mol. The highest BCUT2D eigenvalue weighted by Gasteiger charge is 2.27. The van der Waals surface area contributed by atoms with E-state index in [-0.39, 0.29) is 12.6 Å². The fraction of sp³-hybridized carbons (Fsp3) is 0.526. The van der Waals surface area contributed by atoms with Crippen LogP contribution in [0.3, 0.4) is 0 Å². The Bertz CT molecular complexity index is 616. The number of nitriles is 1. The molecule has 0 spiro atoms. The zero-order chi connectivity index (χ0) is 18.1. The van der Waals surface area contributed by atoms with Crippen LogP contribution in [0.4, 0.5) is 0 Å². The van der Waals surface area contributed by atoms with Crippen LogP contribution in [0.25, 0.3) is 0 Å². The first kappa shape index (κ1) is 18.9. The zero-order valence-corrected chi connectivity index (χ0v) is 14.9. The highest BCUT2D eigenvalue weighted by molar-refractivity contribution is 5.92. The van der Waals surface area contributed by atoms with E-state index in [4.69, 9.17) is 14.7 Å². The number of hydrogen-bond acceptors (Lipinski definition) is 5. The molecule has 1 fully saturated rings. The topological polar surface area (TPSA) is 76.1 Å². The second kappa shape index (κ2) is 9.80. The molecule has 6 nitrogen and oxygen atoms in total. The highest BCUT2D eigenvalue weighted by atomic mass is 16.5. The third kappa shape index (κ3) is 5.30. The molecule has 1 aromatic carbocycles. The summed E-state index contributed by atoms with van der Waals surface area (Å²) >= 11 is 0. The maximum absolute atomic E-state index is 11.7. The van der Waals surface area contributed by atoms with Crippen LogP contribution >= 0.6 is 0 Å². The van der Waals surface area contributed by atoms with Gasteiger partial charge in [-0.1, -0.05) is 0 Å². The standard InChI is InChI=1S/C19H25N3O3/c1-3-25-19(23)16(12-20)13-21-14-18(22-10-4-5-11-22)15-6-8-17(24-2)9-7-15/h6-9,13,16,18H,3-5,10-11,14H2,1-2H3/p+1/t16-,18-/m0/s1. The lowest BCUT2D eigenvalue weighted by molar-refractivity contribution is -0.918. The number of quaternary nitrogens is 1. The summed E-state index contributed by atoms with van der Waals surface area (Å²) < 4.78 is 10.1. The number of methoxy groups -OCH3 is 1. The van der Waals surface area contributed by atoms with E-state index in [0.717, 1.165) is 18.8 Å². The number of carbonyl (C=O) groups is 1. The van der Waals surface area contributed by atoms with Crippen molar-refractivity contribution < 1.29 is 19.2 Å². The summed E-state index contributed by atoms with van der Waals surface area (Å²) in [6.45, 7) is 4.76. The third-order valence-electron chi connectivity index (χ3n) is 4.48. The summed E-state index contributed by atoms with van der Waals surface area (Å²) in [5, 5.41) is 9.11. The molecule has 1 heterocycles. The summed E-state index contributed by atoms with van der Waals surface area (Å²) in [5.74, 6) is -0.650. The van der Waals surface area contributed by atoms with Crippen molar-refractivity contribution in [2.24, 2.45) is 10.9 Å². The first-order valence-corrected chi connectivity index (χ1v) is 8.74. The number of carbonyl (C=O) groups excluding carboxylic acids is 1. The maximum atomic E-state index is 11.7. The van der Waals surface area contributed by atoms with Gasteiger partial charge in [0.15, 0.2) is 5.92 Å². The minimum atomic E-state index is -0.940. The number of nitrogens with one attached hydrogen (secondary N) is 1. The first-order valence-electron chi connectivity index (χ1n) is 8.74. The van der Waals surface area contributed by atoms with E-state index < -0.39 is 11.9 Å². The Hall–Kier alpha value is -2.39. The van der Waals surface area contributed by atoms with Crippen LogP contribution in [0, 0.1) is 17.2 Å². The molecule has 0 aromatic heterocycles. The Morgan fingerprint density at radius 3 is 2.60 bits per heavy atom. The van der Waals surface area contributed by atoms with E-state index in [2.05, 4.69) is 17.1 Å². The summed E-state index contributed by atoms with van der Waals surface area (Å²) in [5.41, 5.74) is 1.19. The van der Waals surface area contributed by atoms with Gasteiger partial charge >= 0.3 is 5.97 Å². The number of ether oxygens (including phenoxy) is 2. The van der Waals surface area contributed by atoms with Gasteiger partial charge in [-0.3, -0.25) is 9.79 Å². The maximum Gasteiger partial charge on any atom is 0.328 e. The van der Waals surface area contributed by atoms with Gasteiger partial charge in [0.1, 0.15) is 11.8 Å². The van der Waals surface area contributed by atoms with Crippen molar-refractivity contribution in [3.8, 4) is 11.8 Å². The Morgan fingerprint density at radius 1 is 1.36 bits per heavy atom. The van der Waals surface area contributed by atoms with Crippen molar-refractivity contribution in [2.75, 3.05) is 33.4 Å². The number of nitrogens with zero attached hydrogens (tertiary/aromatic N) is 2. The second-order valence-electron chi connectivity index (χ2n) is 6.06. The van der Waals surface area contributed by atoms with Gasteiger partial charge in [-0.15, -0.1) is 0 Å². The molecule has 2 atom stereocenters. The lowest BCUT2D eigenvalue weighted by Gasteiger charge is -2.23. The zero-order valence-electron chi connectivity index (χ0n) is 14.9. The molecule has 1 aliphatic heterocycles. The van der Waals surface area contributed by atoms with Crippen molar-refractivity contribution in [2.45, 2.75) is 25.8 Å². The summed E-state index contributed by atoms with van der Waals surface area (Å²) in [7, 11) is 1.65. The number of esters is 1. The normalized spacial score (nSPS) is 17.2. The average Bonchev–Trinajstić information content (AvgIpc) is 3.16. The molecule has 0 saturated carbocycles. The molecule has 1 N–H and O–H groups in total. The first-order chi connectivity index (χ1) is 12.2. The predicted octanol–water partition coefficient (Wildman–Crippen LogP) is 1.19. The van der Waals surface area contributed by atoms with Crippen LogP contribution in [-0.2, 0) is 9.53 Å². The van der Waals surface area contributed by atoms with Crippen LogP contribution in [-0.4, -0.2) is 45.5 Å². The van der Waals surface area contributed by atoms with Gasteiger partial charge < -0.3 is 14.4 Å². The van der Waals surface area contributed by atoms with Crippen molar-refractivity contribution in [1.82, 2.24) is 0 Å². The van der Waals surface area contributed by atoms with Crippen LogP contribution in [0.5, 0.6) is 5.75 Å². The molecule has 1 aromatic rings. The Kier molecular flexibility index (Phi) is 7.42. The van der Waals surface area contributed by atoms with Crippen molar-refractivity contribution in [3.05, 3.63) is 29.8 Å². The monoisotopic (exact) mass is 344 g/mol. The largest absolute Gasteiger partial charge is 0.497 e. The van der Waals surface area contributed by atoms with Gasteiger partial charge in [-0.05, 0) is 31.2 Å². The van der Waals surface area contributed by atoms with Gasteiger partial charge in [0, 0.05) is 24.6 Å². The molecule has 0 radical (unpaired) electrons. The van der Waals surface area contributed by atoms with Gasteiger partial charge in [-0.25, -0.2) is 0 Å². The quantitative estimate of drug-likeness (QED) is 0.568. The fourth-order valence-electron chi connectivity index (χ4n) is 3.13. The smallest absolute Gasteiger partial charge is 0.328 e. The van der Waals surface area contributed by atoms with Gasteiger partial charge in [0.2, 0.25) is 0 Å². The van der Waals surface area contributed by atoms with Crippen molar-refractivity contribution >= 4 is 12.2 Å². The van der Waals surface area contributed by atoms with Crippen LogP contribution in [0.2, 0.25) is 0 Å². The molecule has 6 heteroatoms. The van der Waals surface area contributed by atoms with Gasteiger partial charge in [0.25, 0.3) is 0 Å². The van der Waals surface area contributed by atoms with E-state index in [1.165, 1.54) is 29.5 Å². The SMILES string of the molecule is CCOC(=O)[C@@H](C#N)C=NC[C@@H](c1ccc(OC)cc1)[NH+]1CCCC1. The molecule has 0 unspecified atom stereocenters. The molecule has 0 aliphatic carbocycles. The molecule has 0 bridgehead atoms. The summed E-state index contributed by atoms with van der Waals surface area (Å²) in [6, 6.07) is 10.2. The fourth-order valence-corrected chi connectivity index (χ4v) is 3.13. The third-order valence-corrected chi connectivity index (χ3v) is 4.48. The highest BCUT2D eigenvalue weighted by Crippen LogP contribution is 2.17. The predicted molar refractivity (Wildman–Crippen MR) is 94.8 cm³/mol.